The second kappa shape index (κ2) is 5.27. The Bertz CT molecular complexity index is 95.4. The lowest BCUT2D eigenvalue weighted by Gasteiger charge is -2.21. The first kappa shape index (κ1) is 9.47. The quantitative estimate of drug-likeness (QED) is 0.526. The zero-order valence-corrected chi connectivity index (χ0v) is 7.02. The third kappa shape index (κ3) is 2.38. The van der Waals surface area contributed by atoms with E-state index in [1.165, 1.54) is 13.5 Å². The number of hydrogen-bond donors (Lipinski definition) is 0. The molecule has 2 nitrogen and oxygen atoms in total. The van der Waals surface area contributed by atoms with Gasteiger partial charge in [-0.25, -0.2) is 0 Å². The largest absolute Gasteiger partial charge is 0.469 e. The first-order chi connectivity index (χ1) is 4.84. The van der Waals surface area contributed by atoms with Crippen molar-refractivity contribution in [2.24, 2.45) is 5.92 Å². The fraction of sp³-hybridized carbons (Fsp3) is 0.875. The van der Waals surface area contributed by atoms with Gasteiger partial charge in [0.25, 0.3) is 0 Å². The van der Waals surface area contributed by atoms with Crippen molar-refractivity contribution in [1.29, 1.82) is 0 Å². The monoisotopic (exact) mass is 144 g/mol. The molecule has 0 spiro atoms. The SMILES string of the molecule is CC.COC(=O)C1CCC1. The summed E-state index contributed by atoms with van der Waals surface area (Å²) in [6.45, 7) is 4.00. The fourth-order valence-corrected chi connectivity index (χ4v) is 0.811. The van der Waals surface area contributed by atoms with Crippen LogP contribution < -0.4 is 0 Å². The van der Waals surface area contributed by atoms with Gasteiger partial charge in [-0.1, -0.05) is 20.3 Å². The molecule has 0 atom stereocenters. The van der Waals surface area contributed by atoms with E-state index in [4.69, 9.17) is 0 Å². The molecule has 60 valence electrons. The highest BCUT2D eigenvalue weighted by Crippen LogP contribution is 2.26. The van der Waals surface area contributed by atoms with Crippen molar-refractivity contribution < 1.29 is 9.53 Å². The lowest BCUT2D eigenvalue weighted by molar-refractivity contribution is -0.148. The van der Waals surface area contributed by atoms with Crippen LogP contribution in [0.25, 0.3) is 0 Å². The van der Waals surface area contributed by atoms with Crippen LogP contribution in [0, 0.1) is 5.92 Å². The van der Waals surface area contributed by atoms with Crippen LogP contribution >= 0.6 is 0 Å². The minimum Gasteiger partial charge on any atom is -0.469 e. The Morgan fingerprint density at radius 2 is 1.90 bits per heavy atom. The van der Waals surface area contributed by atoms with Crippen molar-refractivity contribution in [1.82, 2.24) is 0 Å². The van der Waals surface area contributed by atoms with Crippen LogP contribution in [0.3, 0.4) is 0 Å². The van der Waals surface area contributed by atoms with Crippen molar-refractivity contribution in [3.05, 3.63) is 0 Å². The molecule has 1 rings (SSSR count). The molecule has 0 unspecified atom stereocenters. The summed E-state index contributed by atoms with van der Waals surface area (Å²) in [5.41, 5.74) is 0. The van der Waals surface area contributed by atoms with Crippen molar-refractivity contribution in [2.75, 3.05) is 7.11 Å². The van der Waals surface area contributed by atoms with Crippen LogP contribution in [-0.4, -0.2) is 13.1 Å². The number of carbonyl (C=O) groups is 1. The predicted octanol–water partition coefficient (Wildman–Crippen LogP) is 1.99. The molecule has 1 aliphatic rings. The second-order valence-electron chi connectivity index (χ2n) is 2.15. The Morgan fingerprint density at radius 1 is 1.40 bits per heavy atom. The van der Waals surface area contributed by atoms with Gasteiger partial charge < -0.3 is 4.74 Å². The van der Waals surface area contributed by atoms with Gasteiger partial charge in [0.2, 0.25) is 0 Å². The summed E-state index contributed by atoms with van der Waals surface area (Å²) in [6, 6.07) is 0. The van der Waals surface area contributed by atoms with E-state index in [2.05, 4.69) is 4.74 Å². The Labute approximate surface area is 62.6 Å². The number of hydrogen-bond acceptors (Lipinski definition) is 2. The molecule has 10 heavy (non-hydrogen) atoms. The Kier molecular flexibility index (Phi) is 4.99. The van der Waals surface area contributed by atoms with Crippen LogP contribution in [0.2, 0.25) is 0 Å². The predicted molar refractivity (Wildman–Crippen MR) is 40.7 cm³/mol. The molecule has 0 bridgehead atoms. The van der Waals surface area contributed by atoms with Crippen LogP contribution in [0.1, 0.15) is 33.1 Å². The lowest BCUT2D eigenvalue weighted by Crippen LogP contribution is -2.22. The first-order valence-corrected chi connectivity index (χ1v) is 3.92. The number of carbonyl (C=O) groups excluding carboxylic acids is 1. The molecule has 0 heterocycles. The summed E-state index contributed by atoms with van der Waals surface area (Å²) in [5.74, 6) is 0.205. The second-order valence-corrected chi connectivity index (χ2v) is 2.15. The minimum atomic E-state index is -0.0312. The average Bonchev–Trinajstić information content (AvgIpc) is 1.89. The van der Waals surface area contributed by atoms with E-state index >= 15 is 0 Å². The molecule has 0 saturated heterocycles. The van der Waals surface area contributed by atoms with Gasteiger partial charge in [0.05, 0.1) is 13.0 Å². The zero-order valence-electron chi connectivity index (χ0n) is 7.02. The van der Waals surface area contributed by atoms with Gasteiger partial charge in [0.15, 0.2) is 0 Å². The number of rotatable bonds is 1. The maximum absolute atomic E-state index is 10.6. The topological polar surface area (TPSA) is 26.3 Å². The number of esters is 1. The molecule has 0 radical (unpaired) electrons. The van der Waals surface area contributed by atoms with E-state index < -0.39 is 0 Å². The molecule has 0 N–H and O–H groups in total. The maximum Gasteiger partial charge on any atom is 0.308 e. The molecule has 0 aromatic rings. The van der Waals surface area contributed by atoms with E-state index in [-0.39, 0.29) is 11.9 Å². The van der Waals surface area contributed by atoms with E-state index in [0.29, 0.717) is 0 Å². The smallest absolute Gasteiger partial charge is 0.308 e. The molecule has 0 aromatic heterocycles. The van der Waals surface area contributed by atoms with Gasteiger partial charge >= 0.3 is 5.97 Å². The van der Waals surface area contributed by atoms with Gasteiger partial charge in [-0.15, -0.1) is 0 Å². The molecule has 0 aliphatic heterocycles. The van der Waals surface area contributed by atoms with Crippen LogP contribution in [0.4, 0.5) is 0 Å². The third-order valence-electron chi connectivity index (χ3n) is 1.64. The average molecular weight is 144 g/mol. The van der Waals surface area contributed by atoms with E-state index in [1.807, 2.05) is 13.8 Å². The molecule has 1 aliphatic carbocycles. The Morgan fingerprint density at radius 3 is 2.00 bits per heavy atom. The maximum atomic E-state index is 10.6. The Hall–Kier alpha value is -0.530. The minimum absolute atomic E-state index is 0.0312. The molecule has 1 saturated carbocycles. The van der Waals surface area contributed by atoms with Gasteiger partial charge in [-0.2, -0.15) is 0 Å². The van der Waals surface area contributed by atoms with Crippen LogP contribution in [-0.2, 0) is 9.53 Å². The summed E-state index contributed by atoms with van der Waals surface area (Å²) >= 11 is 0. The highest BCUT2D eigenvalue weighted by molar-refractivity contribution is 5.72. The third-order valence-corrected chi connectivity index (χ3v) is 1.64. The fourth-order valence-electron chi connectivity index (χ4n) is 0.811. The van der Waals surface area contributed by atoms with Gasteiger partial charge in [0, 0.05) is 0 Å². The van der Waals surface area contributed by atoms with Gasteiger partial charge in [-0.3, -0.25) is 4.79 Å². The van der Waals surface area contributed by atoms with E-state index in [9.17, 15) is 4.79 Å². The summed E-state index contributed by atoms with van der Waals surface area (Å²) in [4.78, 5) is 10.6. The molecule has 0 aromatic carbocycles. The van der Waals surface area contributed by atoms with Crippen molar-refractivity contribution in [3.63, 3.8) is 0 Å². The summed E-state index contributed by atoms with van der Waals surface area (Å²) < 4.78 is 4.52. The first-order valence-electron chi connectivity index (χ1n) is 3.92. The van der Waals surface area contributed by atoms with E-state index in [0.717, 1.165) is 12.8 Å². The molecule has 2 heteroatoms. The number of methoxy groups -OCH3 is 1. The van der Waals surface area contributed by atoms with Crippen molar-refractivity contribution in [3.8, 4) is 0 Å². The normalized spacial score (nSPS) is 16.3. The highest BCUT2D eigenvalue weighted by Gasteiger charge is 2.25. The molecule has 0 amide bonds. The van der Waals surface area contributed by atoms with Gasteiger partial charge in [-0.05, 0) is 12.8 Å². The summed E-state index contributed by atoms with van der Waals surface area (Å²) in [7, 11) is 1.45. The standard InChI is InChI=1S/C6H10O2.C2H6/c1-8-6(7)5-3-2-4-5;1-2/h5H,2-4H2,1H3;1-2H3. The van der Waals surface area contributed by atoms with Crippen molar-refractivity contribution in [2.45, 2.75) is 33.1 Å². The lowest BCUT2D eigenvalue weighted by atomic mass is 9.86. The molecule has 1 fully saturated rings. The summed E-state index contributed by atoms with van der Waals surface area (Å²) in [6.07, 6.45) is 3.26. The zero-order chi connectivity index (χ0) is 7.98. The van der Waals surface area contributed by atoms with E-state index in [1.54, 1.807) is 0 Å². The van der Waals surface area contributed by atoms with Crippen LogP contribution in [0.15, 0.2) is 0 Å². The van der Waals surface area contributed by atoms with Gasteiger partial charge in [0.1, 0.15) is 0 Å². The molecular weight excluding hydrogens is 128 g/mol. The number of ether oxygens (including phenoxy) is 1. The van der Waals surface area contributed by atoms with Crippen LogP contribution in [0.5, 0.6) is 0 Å². The highest BCUT2D eigenvalue weighted by atomic mass is 16.5. The molecular formula is C8H16O2. The summed E-state index contributed by atoms with van der Waals surface area (Å²) in [5, 5.41) is 0. The Balaban J connectivity index is 0.000000371. The van der Waals surface area contributed by atoms with Crippen molar-refractivity contribution >= 4 is 5.97 Å².